The predicted octanol–water partition coefficient (Wildman–Crippen LogP) is 3.29. The molecule has 2 aromatic rings. The number of hydrogen-bond acceptors (Lipinski definition) is 3. The van der Waals surface area contributed by atoms with E-state index in [0.29, 0.717) is 17.8 Å². The number of rotatable bonds is 7. The van der Waals surface area contributed by atoms with Crippen LogP contribution >= 0.6 is 0 Å². The van der Waals surface area contributed by atoms with E-state index in [1.165, 1.54) is 12.1 Å². The van der Waals surface area contributed by atoms with E-state index in [4.69, 9.17) is 0 Å². The molecule has 30 heavy (non-hydrogen) atoms. The summed E-state index contributed by atoms with van der Waals surface area (Å²) >= 11 is 0. The molecule has 160 valence electrons. The summed E-state index contributed by atoms with van der Waals surface area (Å²) in [6, 6.07) is 4.50. The van der Waals surface area contributed by atoms with E-state index in [1.54, 1.807) is 6.07 Å². The molecule has 1 fully saturated rings. The van der Waals surface area contributed by atoms with Crippen molar-refractivity contribution in [3.8, 4) is 0 Å². The summed E-state index contributed by atoms with van der Waals surface area (Å²) in [6.07, 6.45) is 0. The first-order chi connectivity index (χ1) is 14.4. The summed E-state index contributed by atoms with van der Waals surface area (Å²) in [4.78, 5) is 31.0. The Morgan fingerprint density at radius 1 is 1.17 bits per heavy atom. The topological polar surface area (TPSA) is 77.2 Å². The lowest BCUT2D eigenvalue weighted by Gasteiger charge is -2.18. The Bertz CT molecular complexity index is 995. The molecule has 4 rings (SSSR count). The Labute approximate surface area is 176 Å². The molecule has 2 heterocycles. The normalized spacial score (nSPS) is 21.8. The predicted molar refractivity (Wildman–Crippen MR) is 114 cm³/mol. The molecule has 0 saturated heterocycles. The van der Waals surface area contributed by atoms with Crippen LogP contribution in [-0.4, -0.2) is 47.9 Å². The van der Waals surface area contributed by atoms with Gasteiger partial charge in [-0.2, -0.15) is 0 Å². The van der Waals surface area contributed by atoms with Gasteiger partial charge in [-0.25, -0.2) is 4.39 Å². The van der Waals surface area contributed by atoms with Crippen molar-refractivity contribution in [3.63, 3.8) is 0 Å². The molecule has 3 N–H and O–H groups in total. The summed E-state index contributed by atoms with van der Waals surface area (Å²) in [7, 11) is 0. The number of carbonyl (C=O) groups excluding carboxylic acids is 2. The summed E-state index contributed by atoms with van der Waals surface area (Å²) in [5.41, 5.74) is 4.74. The maximum atomic E-state index is 13.8. The molecule has 1 aliphatic heterocycles. The molecule has 2 amide bonds. The maximum Gasteiger partial charge on any atom is 0.253 e. The van der Waals surface area contributed by atoms with Crippen molar-refractivity contribution in [2.24, 2.45) is 5.92 Å². The second-order valence-corrected chi connectivity index (χ2v) is 8.24. The van der Waals surface area contributed by atoms with E-state index in [-0.39, 0.29) is 35.4 Å². The Morgan fingerprint density at radius 3 is 2.60 bits per heavy atom. The van der Waals surface area contributed by atoms with Crippen molar-refractivity contribution in [2.45, 2.75) is 39.5 Å². The highest BCUT2D eigenvalue weighted by atomic mass is 19.1. The molecule has 1 aromatic heterocycles. The van der Waals surface area contributed by atoms with Crippen LogP contribution < -0.4 is 10.6 Å². The lowest BCUT2D eigenvalue weighted by molar-refractivity contribution is -0.117. The van der Waals surface area contributed by atoms with Crippen molar-refractivity contribution >= 4 is 17.5 Å². The first-order valence-electron chi connectivity index (χ1n) is 10.7. The number of likely N-dealkylation sites (N-methyl/N-ethyl adjacent to an activating group) is 1. The molecule has 3 atom stereocenters. The van der Waals surface area contributed by atoms with Crippen LogP contribution in [-0.2, 0) is 4.79 Å². The van der Waals surface area contributed by atoms with Crippen LogP contribution in [0, 0.1) is 25.6 Å². The number of fused-ring (bicyclic) bond motifs is 3. The number of hydrogen-bond donors (Lipinski definition) is 3. The van der Waals surface area contributed by atoms with Gasteiger partial charge in [0.05, 0.1) is 11.5 Å². The molecule has 7 heteroatoms. The van der Waals surface area contributed by atoms with Gasteiger partial charge in [0.2, 0.25) is 5.91 Å². The summed E-state index contributed by atoms with van der Waals surface area (Å²) < 4.78 is 13.8. The fourth-order valence-corrected chi connectivity index (χ4v) is 4.93. The summed E-state index contributed by atoms with van der Waals surface area (Å²) in [5.74, 6) is -0.791. The van der Waals surface area contributed by atoms with Gasteiger partial charge in [0.25, 0.3) is 5.91 Å². The highest BCUT2D eigenvalue weighted by Crippen LogP contribution is 2.64. The third-order valence-corrected chi connectivity index (χ3v) is 6.60. The first-order valence-corrected chi connectivity index (χ1v) is 10.7. The molecule has 0 radical (unpaired) electrons. The van der Waals surface area contributed by atoms with Gasteiger partial charge >= 0.3 is 0 Å². The van der Waals surface area contributed by atoms with Crippen LogP contribution in [0.4, 0.5) is 10.1 Å². The van der Waals surface area contributed by atoms with Gasteiger partial charge in [0.1, 0.15) is 5.82 Å². The number of benzene rings is 1. The Hall–Kier alpha value is -2.67. The molecule has 0 spiro atoms. The minimum Gasteiger partial charge on any atom is -0.361 e. The summed E-state index contributed by atoms with van der Waals surface area (Å²) in [6.45, 7) is 11.3. The number of nitrogens with one attached hydrogen (secondary N) is 3. The SMILES string of the molecule is CCN(CC)CCNC(=O)c1c(C)[nH]c(C2C3C(=O)Nc4ccc(F)cc4C32)c1C. The van der Waals surface area contributed by atoms with Gasteiger partial charge in [-0.3, -0.25) is 9.59 Å². The second kappa shape index (κ2) is 7.87. The minimum atomic E-state index is -0.304. The van der Waals surface area contributed by atoms with E-state index >= 15 is 0 Å². The zero-order valence-corrected chi connectivity index (χ0v) is 17.9. The largest absolute Gasteiger partial charge is 0.361 e. The van der Waals surface area contributed by atoms with E-state index < -0.39 is 0 Å². The fraction of sp³-hybridized carbons (Fsp3) is 0.478. The second-order valence-electron chi connectivity index (χ2n) is 8.24. The number of aromatic amines is 1. The van der Waals surface area contributed by atoms with E-state index in [9.17, 15) is 14.0 Å². The number of anilines is 1. The zero-order chi connectivity index (χ0) is 21.6. The molecular weight excluding hydrogens is 383 g/mol. The first kappa shape index (κ1) is 20.6. The molecule has 1 aliphatic carbocycles. The van der Waals surface area contributed by atoms with Gasteiger partial charge < -0.3 is 20.5 Å². The summed E-state index contributed by atoms with van der Waals surface area (Å²) in [5, 5.41) is 5.91. The van der Waals surface area contributed by atoms with Gasteiger partial charge in [-0.05, 0) is 56.3 Å². The van der Waals surface area contributed by atoms with Gasteiger partial charge in [0.15, 0.2) is 0 Å². The maximum absolute atomic E-state index is 13.8. The lowest BCUT2D eigenvalue weighted by Crippen LogP contribution is -2.35. The monoisotopic (exact) mass is 412 g/mol. The molecule has 1 aromatic carbocycles. The zero-order valence-electron chi connectivity index (χ0n) is 17.9. The average Bonchev–Trinajstić information content (AvgIpc) is 3.39. The van der Waals surface area contributed by atoms with E-state index in [2.05, 4.69) is 34.4 Å². The highest BCUT2D eigenvalue weighted by molar-refractivity contribution is 6.01. The third kappa shape index (κ3) is 3.41. The minimum absolute atomic E-state index is 0.0408. The number of aromatic nitrogens is 1. The van der Waals surface area contributed by atoms with E-state index in [1.807, 2.05) is 13.8 Å². The molecular formula is C23H29FN4O2. The molecule has 0 bridgehead atoms. The Kier molecular flexibility index (Phi) is 5.40. The molecule has 1 saturated carbocycles. The van der Waals surface area contributed by atoms with Crippen LogP contribution in [0.5, 0.6) is 0 Å². The van der Waals surface area contributed by atoms with E-state index in [0.717, 1.165) is 42.1 Å². The lowest BCUT2D eigenvalue weighted by atomic mass is 10.0. The highest BCUT2D eigenvalue weighted by Gasteiger charge is 2.60. The molecule has 6 nitrogen and oxygen atoms in total. The van der Waals surface area contributed by atoms with Gasteiger partial charge in [-0.1, -0.05) is 13.8 Å². The number of H-pyrrole nitrogens is 1. The van der Waals surface area contributed by atoms with Crippen LogP contribution in [0.3, 0.4) is 0 Å². The van der Waals surface area contributed by atoms with Crippen LogP contribution in [0.2, 0.25) is 0 Å². The Morgan fingerprint density at radius 2 is 1.90 bits per heavy atom. The fourth-order valence-electron chi connectivity index (χ4n) is 4.93. The molecule has 3 unspecified atom stereocenters. The standard InChI is InChI=1S/C23H29FN4O2/c1-5-28(6-2)10-9-25-22(29)17-12(3)21(26-13(17)4)19-18-15-11-14(24)7-8-16(15)27-23(30)20(18)19/h7-8,11,18-20,26H,5-6,9-10H2,1-4H3,(H,25,29)(H,27,30). The quantitative estimate of drug-likeness (QED) is 0.653. The van der Waals surface area contributed by atoms with Crippen molar-refractivity contribution in [2.75, 3.05) is 31.5 Å². The number of amides is 2. The number of halogens is 1. The third-order valence-electron chi connectivity index (χ3n) is 6.60. The van der Waals surface area contributed by atoms with Crippen LogP contribution in [0.1, 0.15) is 58.6 Å². The average molecular weight is 413 g/mol. The van der Waals surface area contributed by atoms with Crippen LogP contribution in [0.25, 0.3) is 0 Å². The van der Waals surface area contributed by atoms with Crippen molar-refractivity contribution in [1.82, 2.24) is 15.2 Å². The van der Waals surface area contributed by atoms with Crippen molar-refractivity contribution in [3.05, 3.63) is 52.1 Å². The van der Waals surface area contributed by atoms with Crippen molar-refractivity contribution in [1.29, 1.82) is 0 Å². The molecule has 2 aliphatic rings. The number of carbonyl (C=O) groups is 2. The van der Waals surface area contributed by atoms with Gasteiger partial charge in [0, 0.05) is 42.0 Å². The van der Waals surface area contributed by atoms with Crippen molar-refractivity contribution < 1.29 is 14.0 Å². The van der Waals surface area contributed by atoms with Crippen LogP contribution in [0.15, 0.2) is 18.2 Å². The van der Waals surface area contributed by atoms with Gasteiger partial charge in [-0.15, -0.1) is 0 Å². The number of aryl methyl sites for hydroxylation is 1. The Balaban J connectivity index is 1.55. The smallest absolute Gasteiger partial charge is 0.253 e. The number of nitrogens with zero attached hydrogens (tertiary/aromatic N) is 1.